The maximum Gasteiger partial charge on any atom is 0.271 e. The van der Waals surface area contributed by atoms with Crippen molar-refractivity contribution in [1.82, 2.24) is 10.3 Å². The number of carbonyl (C=O) groups excluding carboxylic acids is 1. The molecule has 0 aliphatic heterocycles. The van der Waals surface area contributed by atoms with Gasteiger partial charge in [0.25, 0.3) is 5.91 Å². The van der Waals surface area contributed by atoms with Gasteiger partial charge < -0.3 is 11.1 Å². The van der Waals surface area contributed by atoms with E-state index in [4.69, 9.17) is 5.73 Å². The van der Waals surface area contributed by atoms with E-state index in [1.165, 1.54) is 30.6 Å². The molecule has 1 aliphatic carbocycles. The number of rotatable bonds is 6. The third kappa shape index (κ3) is 4.20. The summed E-state index contributed by atoms with van der Waals surface area (Å²) in [6.45, 7) is 2.75. The first-order chi connectivity index (χ1) is 9.74. The summed E-state index contributed by atoms with van der Waals surface area (Å²) < 4.78 is 0. The number of hydrogen-bond acceptors (Lipinski definition) is 5. The molecule has 1 aromatic heterocycles. The predicted molar refractivity (Wildman–Crippen MR) is 86.5 cm³/mol. The molecule has 1 aromatic rings. The first kappa shape index (κ1) is 15.8. The van der Waals surface area contributed by atoms with Gasteiger partial charge in [0.2, 0.25) is 0 Å². The number of nitrogens with one attached hydrogen (secondary N) is 1. The Kier molecular flexibility index (Phi) is 6.32. The highest BCUT2D eigenvalue weighted by Gasteiger charge is 2.27. The quantitative estimate of drug-likeness (QED) is 0.846. The molecule has 4 nitrogen and oxygen atoms in total. The number of amides is 1. The molecule has 6 heteroatoms. The highest BCUT2D eigenvalue weighted by atomic mass is 32.2. The zero-order valence-corrected chi connectivity index (χ0v) is 13.6. The molecule has 0 radical (unpaired) electrons. The van der Waals surface area contributed by atoms with Crippen molar-refractivity contribution in [3.05, 3.63) is 16.1 Å². The third-order valence-corrected chi connectivity index (χ3v) is 5.78. The van der Waals surface area contributed by atoms with Crippen LogP contribution in [0.5, 0.6) is 0 Å². The van der Waals surface area contributed by atoms with E-state index in [-0.39, 0.29) is 5.91 Å². The molecule has 1 amide bonds. The van der Waals surface area contributed by atoms with Crippen molar-refractivity contribution in [2.75, 3.05) is 12.3 Å². The summed E-state index contributed by atoms with van der Waals surface area (Å²) in [6.07, 6.45) is 5.53. The number of nitrogens with zero attached hydrogens (tertiary/aromatic N) is 1. The number of hydrogen-bond donors (Lipinski definition) is 2. The Morgan fingerprint density at radius 1 is 1.55 bits per heavy atom. The molecule has 1 saturated carbocycles. The van der Waals surface area contributed by atoms with Gasteiger partial charge in [-0.25, -0.2) is 4.98 Å². The Morgan fingerprint density at radius 2 is 2.35 bits per heavy atom. The van der Waals surface area contributed by atoms with Gasteiger partial charge in [0, 0.05) is 23.1 Å². The number of carbonyl (C=O) groups is 1. The van der Waals surface area contributed by atoms with Crippen LogP contribution in [0.4, 0.5) is 0 Å². The molecule has 0 bridgehead atoms. The lowest BCUT2D eigenvalue weighted by Gasteiger charge is -2.31. The normalized spacial score (nSPS) is 22.7. The largest absolute Gasteiger partial charge is 0.347 e. The second kappa shape index (κ2) is 8.00. The number of thiazole rings is 1. The van der Waals surface area contributed by atoms with Gasteiger partial charge in [-0.1, -0.05) is 19.8 Å². The van der Waals surface area contributed by atoms with Crippen LogP contribution in [0.15, 0.2) is 5.38 Å². The van der Waals surface area contributed by atoms with E-state index in [1.54, 1.807) is 0 Å². The molecule has 0 spiro atoms. The van der Waals surface area contributed by atoms with Crippen molar-refractivity contribution in [2.45, 2.75) is 50.3 Å². The molecule has 1 heterocycles. The Labute approximate surface area is 128 Å². The highest BCUT2D eigenvalue weighted by Crippen LogP contribution is 2.28. The van der Waals surface area contributed by atoms with Crippen molar-refractivity contribution in [3.63, 3.8) is 0 Å². The minimum atomic E-state index is -0.0295. The lowest BCUT2D eigenvalue weighted by molar-refractivity contribution is 0.0925. The van der Waals surface area contributed by atoms with Gasteiger partial charge in [-0.3, -0.25) is 4.79 Å². The molecule has 2 rings (SSSR count). The molecular weight excluding hydrogens is 290 g/mol. The number of aromatic nitrogens is 1. The van der Waals surface area contributed by atoms with Crippen LogP contribution < -0.4 is 11.1 Å². The second-order valence-corrected chi connectivity index (χ2v) is 7.48. The third-order valence-electron chi connectivity index (χ3n) is 3.54. The van der Waals surface area contributed by atoms with Crippen molar-refractivity contribution < 1.29 is 4.79 Å². The van der Waals surface area contributed by atoms with E-state index >= 15 is 0 Å². The fourth-order valence-electron chi connectivity index (χ4n) is 2.57. The number of thioether (sulfide) groups is 1. The average molecular weight is 313 g/mol. The van der Waals surface area contributed by atoms with Gasteiger partial charge in [-0.05, 0) is 25.1 Å². The van der Waals surface area contributed by atoms with Gasteiger partial charge in [-0.15, -0.1) is 11.3 Å². The van der Waals surface area contributed by atoms with E-state index in [0.717, 1.165) is 23.6 Å². The van der Waals surface area contributed by atoms with E-state index < -0.39 is 0 Å². The van der Waals surface area contributed by atoms with Gasteiger partial charge in [0.1, 0.15) is 5.69 Å². The van der Waals surface area contributed by atoms with E-state index in [9.17, 15) is 4.79 Å². The van der Waals surface area contributed by atoms with Crippen molar-refractivity contribution in [2.24, 2.45) is 5.73 Å². The summed E-state index contributed by atoms with van der Waals surface area (Å²) in [7, 11) is 0. The molecule has 20 heavy (non-hydrogen) atoms. The Balaban J connectivity index is 1.94. The molecule has 1 fully saturated rings. The molecule has 0 aromatic carbocycles. The molecule has 3 N–H and O–H groups in total. The number of nitrogens with two attached hydrogens (primary N) is 1. The summed E-state index contributed by atoms with van der Waals surface area (Å²) in [5, 5.41) is 6.52. The Bertz CT molecular complexity index is 434. The van der Waals surface area contributed by atoms with Gasteiger partial charge in [-0.2, -0.15) is 11.8 Å². The summed E-state index contributed by atoms with van der Waals surface area (Å²) >= 11 is 3.48. The Hall–Kier alpha value is -0.590. The Morgan fingerprint density at radius 3 is 3.10 bits per heavy atom. The summed E-state index contributed by atoms with van der Waals surface area (Å²) in [5.74, 6) is 1.08. The van der Waals surface area contributed by atoms with Crippen LogP contribution in [0.1, 0.15) is 48.1 Å². The van der Waals surface area contributed by atoms with Gasteiger partial charge >= 0.3 is 0 Å². The van der Waals surface area contributed by atoms with Crippen LogP contribution in [-0.2, 0) is 6.42 Å². The molecular formula is C14H23N3OS2. The van der Waals surface area contributed by atoms with E-state index in [0.29, 0.717) is 23.5 Å². The van der Waals surface area contributed by atoms with Gasteiger partial charge in [0.15, 0.2) is 0 Å². The van der Waals surface area contributed by atoms with Gasteiger partial charge in [0.05, 0.1) is 5.01 Å². The molecule has 2 unspecified atom stereocenters. The van der Waals surface area contributed by atoms with Crippen LogP contribution in [0, 0.1) is 0 Å². The fourth-order valence-corrected chi connectivity index (χ4v) is 4.56. The van der Waals surface area contributed by atoms with Crippen LogP contribution >= 0.6 is 23.1 Å². The lowest BCUT2D eigenvalue weighted by Crippen LogP contribution is -2.44. The van der Waals surface area contributed by atoms with Crippen LogP contribution in [0.3, 0.4) is 0 Å². The van der Waals surface area contributed by atoms with Crippen molar-refractivity contribution >= 4 is 29.0 Å². The monoisotopic (exact) mass is 313 g/mol. The highest BCUT2D eigenvalue weighted by molar-refractivity contribution is 7.99. The fraction of sp³-hybridized carbons (Fsp3) is 0.714. The molecule has 0 saturated heterocycles. The maximum absolute atomic E-state index is 12.3. The summed E-state index contributed by atoms with van der Waals surface area (Å²) in [6, 6.07) is 0.292. The van der Waals surface area contributed by atoms with E-state index in [2.05, 4.69) is 17.2 Å². The van der Waals surface area contributed by atoms with Crippen molar-refractivity contribution in [1.29, 1.82) is 0 Å². The molecule has 112 valence electrons. The zero-order valence-electron chi connectivity index (χ0n) is 11.9. The lowest BCUT2D eigenvalue weighted by atomic mass is 9.95. The minimum Gasteiger partial charge on any atom is -0.347 e. The predicted octanol–water partition coefficient (Wildman–Crippen LogP) is 2.44. The SMILES string of the molecule is CCSC1CCCCC1NC(=O)c1csc(CCN)n1. The van der Waals surface area contributed by atoms with Crippen LogP contribution in [0.25, 0.3) is 0 Å². The van der Waals surface area contributed by atoms with Crippen molar-refractivity contribution in [3.8, 4) is 0 Å². The summed E-state index contributed by atoms with van der Waals surface area (Å²) in [4.78, 5) is 16.6. The first-order valence-corrected chi connectivity index (χ1v) is 9.24. The maximum atomic E-state index is 12.3. The standard InChI is InChI=1S/C14H23N3OS2/c1-2-19-12-6-4-3-5-10(12)17-14(18)11-9-20-13(16-11)7-8-15/h9-10,12H,2-8,15H2,1H3,(H,17,18). The van der Waals surface area contributed by atoms with Crippen LogP contribution in [0.2, 0.25) is 0 Å². The van der Waals surface area contributed by atoms with Crippen LogP contribution in [-0.4, -0.2) is 34.5 Å². The molecule has 1 aliphatic rings. The first-order valence-electron chi connectivity index (χ1n) is 7.31. The average Bonchev–Trinajstić information content (AvgIpc) is 2.90. The van der Waals surface area contributed by atoms with E-state index in [1.807, 2.05) is 17.1 Å². The topological polar surface area (TPSA) is 68.0 Å². The smallest absolute Gasteiger partial charge is 0.271 e. The second-order valence-electron chi connectivity index (χ2n) is 5.02. The minimum absolute atomic E-state index is 0.0295. The molecule has 2 atom stereocenters. The zero-order chi connectivity index (χ0) is 14.4. The summed E-state index contributed by atoms with van der Waals surface area (Å²) in [5.41, 5.74) is 6.06.